The molecule has 0 saturated heterocycles. The van der Waals surface area contributed by atoms with Crippen molar-refractivity contribution in [2.75, 3.05) is 6.61 Å². The number of rotatable bonds is 3. The third kappa shape index (κ3) is 1.53. The van der Waals surface area contributed by atoms with Crippen LogP contribution in [-0.2, 0) is 14.3 Å². The second-order valence-electron chi connectivity index (χ2n) is 3.72. The van der Waals surface area contributed by atoms with Gasteiger partial charge in [0.25, 0.3) is 10.1 Å². The highest BCUT2D eigenvalue weighted by Crippen LogP contribution is 2.42. The van der Waals surface area contributed by atoms with E-state index in [1.54, 1.807) is 6.92 Å². The van der Waals surface area contributed by atoms with E-state index in [9.17, 15) is 8.42 Å². The monoisotopic (exact) mass is 202 g/mol. The predicted octanol–water partition coefficient (Wildman–Crippen LogP) is 1.32. The van der Waals surface area contributed by atoms with Gasteiger partial charge in [-0.25, -0.2) is 0 Å². The zero-order chi connectivity index (χ0) is 9.47. The van der Waals surface area contributed by atoms with Crippen molar-refractivity contribution in [3.05, 3.63) is 12.2 Å². The second kappa shape index (κ2) is 3.10. The molecule has 1 saturated carbocycles. The van der Waals surface area contributed by atoms with Gasteiger partial charge in [-0.15, -0.1) is 0 Å². The summed E-state index contributed by atoms with van der Waals surface area (Å²) < 4.78 is 27.9. The van der Waals surface area contributed by atoms with E-state index < -0.39 is 10.1 Å². The van der Waals surface area contributed by atoms with Crippen molar-refractivity contribution >= 4 is 10.1 Å². The Bertz CT molecular complexity index is 318. The van der Waals surface area contributed by atoms with Gasteiger partial charge in [-0.2, -0.15) is 8.42 Å². The second-order valence-corrected chi connectivity index (χ2v) is 5.54. The molecule has 3 nitrogen and oxygen atoms in total. The summed E-state index contributed by atoms with van der Waals surface area (Å²) in [6.45, 7) is 1.96. The third-order valence-corrected chi connectivity index (χ3v) is 4.72. The van der Waals surface area contributed by atoms with Crippen molar-refractivity contribution in [3.63, 3.8) is 0 Å². The highest BCUT2D eigenvalue weighted by Gasteiger charge is 2.43. The molecular weight excluding hydrogens is 188 g/mol. The van der Waals surface area contributed by atoms with Crippen molar-refractivity contribution < 1.29 is 12.6 Å². The lowest BCUT2D eigenvalue weighted by Gasteiger charge is -2.17. The van der Waals surface area contributed by atoms with E-state index in [0.29, 0.717) is 5.92 Å². The molecule has 4 heteroatoms. The Morgan fingerprint density at radius 1 is 1.38 bits per heavy atom. The normalized spacial score (nSPS) is 37.2. The van der Waals surface area contributed by atoms with Gasteiger partial charge < -0.3 is 0 Å². The van der Waals surface area contributed by atoms with Crippen molar-refractivity contribution in [1.29, 1.82) is 0 Å². The van der Waals surface area contributed by atoms with E-state index in [2.05, 4.69) is 6.08 Å². The van der Waals surface area contributed by atoms with E-state index in [0.717, 1.165) is 12.8 Å². The molecule has 0 aromatic rings. The third-order valence-electron chi connectivity index (χ3n) is 2.87. The van der Waals surface area contributed by atoms with E-state index in [1.165, 1.54) is 0 Å². The molecule has 3 atom stereocenters. The SMILES string of the molecule is CCOS(=O)(=O)C1CC2C=CC1C2. The standard InChI is InChI=1S/C9H14O3S/c1-2-12-13(10,11)9-6-7-3-4-8(9)5-7/h3-4,7-9H,2,5-6H2,1H3. The fourth-order valence-corrected chi connectivity index (χ4v) is 3.93. The van der Waals surface area contributed by atoms with Gasteiger partial charge in [-0.05, 0) is 31.6 Å². The molecule has 1 fully saturated rings. The lowest BCUT2D eigenvalue weighted by Crippen LogP contribution is -2.27. The van der Waals surface area contributed by atoms with Crippen LogP contribution in [0.5, 0.6) is 0 Å². The summed E-state index contributed by atoms with van der Waals surface area (Å²) >= 11 is 0. The quantitative estimate of drug-likeness (QED) is 0.512. The fraction of sp³-hybridized carbons (Fsp3) is 0.778. The molecule has 0 aliphatic heterocycles. The zero-order valence-corrected chi connectivity index (χ0v) is 8.46. The Balaban J connectivity index is 2.15. The topological polar surface area (TPSA) is 43.4 Å². The highest BCUT2D eigenvalue weighted by atomic mass is 32.2. The Morgan fingerprint density at radius 2 is 2.15 bits per heavy atom. The van der Waals surface area contributed by atoms with Gasteiger partial charge in [0.15, 0.2) is 0 Å². The lowest BCUT2D eigenvalue weighted by atomic mass is 10.1. The maximum atomic E-state index is 11.6. The summed E-state index contributed by atoms with van der Waals surface area (Å²) in [6, 6.07) is 0. The first-order valence-electron chi connectivity index (χ1n) is 4.70. The molecule has 3 unspecified atom stereocenters. The molecule has 2 aliphatic rings. The van der Waals surface area contributed by atoms with E-state index in [-0.39, 0.29) is 17.8 Å². The Morgan fingerprint density at radius 3 is 2.62 bits per heavy atom. The van der Waals surface area contributed by atoms with Crippen LogP contribution in [0.15, 0.2) is 12.2 Å². The van der Waals surface area contributed by atoms with Crippen LogP contribution < -0.4 is 0 Å². The van der Waals surface area contributed by atoms with E-state index >= 15 is 0 Å². The zero-order valence-electron chi connectivity index (χ0n) is 7.64. The van der Waals surface area contributed by atoms with Crippen LogP contribution in [-0.4, -0.2) is 20.3 Å². The molecule has 0 N–H and O–H groups in total. The number of hydrogen-bond acceptors (Lipinski definition) is 3. The molecule has 0 amide bonds. The first-order chi connectivity index (χ1) is 6.13. The number of fused-ring (bicyclic) bond motifs is 2. The molecule has 2 rings (SSSR count). The van der Waals surface area contributed by atoms with Crippen LogP contribution in [0.3, 0.4) is 0 Å². The Labute approximate surface area is 78.9 Å². The molecule has 0 spiro atoms. The summed E-state index contributed by atoms with van der Waals surface area (Å²) in [5, 5.41) is -0.276. The van der Waals surface area contributed by atoms with E-state index in [4.69, 9.17) is 4.18 Å². The van der Waals surface area contributed by atoms with Gasteiger partial charge in [-0.3, -0.25) is 4.18 Å². The van der Waals surface area contributed by atoms with Crippen LogP contribution in [0.1, 0.15) is 19.8 Å². The average Bonchev–Trinajstić information content (AvgIpc) is 2.63. The fourth-order valence-electron chi connectivity index (χ4n) is 2.31. The summed E-state index contributed by atoms with van der Waals surface area (Å²) in [5.74, 6) is 0.687. The Hall–Kier alpha value is -0.350. The van der Waals surface area contributed by atoms with E-state index in [1.807, 2.05) is 6.08 Å². The van der Waals surface area contributed by atoms with Crippen LogP contribution in [0.2, 0.25) is 0 Å². The molecule has 2 aliphatic carbocycles. The first-order valence-corrected chi connectivity index (χ1v) is 6.17. The maximum absolute atomic E-state index is 11.6. The van der Waals surface area contributed by atoms with Crippen LogP contribution in [0.25, 0.3) is 0 Å². The Kier molecular flexibility index (Phi) is 2.20. The molecule has 0 radical (unpaired) electrons. The molecule has 74 valence electrons. The number of allylic oxidation sites excluding steroid dienone is 2. The minimum Gasteiger partial charge on any atom is -0.270 e. The lowest BCUT2D eigenvalue weighted by molar-refractivity contribution is 0.326. The summed E-state index contributed by atoms with van der Waals surface area (Å²) in [5.41, 5.74) is 0. The average molecular weight is 202 g/mol. The van der Waals surface area contributed by atoms with Gasteiger partial charge in [0.05, 0.1) is 11.9 Å². The van der Waals surface area contributed by atoms with Crippen molar-refractivity contribution in [2.24, 2.45) is 11.8 Å². The van der Waals surface area contributed by atoms with Crippen molar-refractivity contribution in [1.82, 2.24) is 0 Å². The summed E-state index contributed by atoms with van der Waals surface area (Å²) in [7, 11) is -3.29. The minimum atomic E-state index is -3.29. The van der Waals surface area contributed by atoms with Crippen molar-refractivity contribution in [3.8, 4) is 0 Å². The van der Waals surface area contributed by atoms with Crippen LogP contribution in [0, 0.1) is 11.8 Å². The van der Waals surface area contributed by atoms with Gasteiger partial charge in [-0.1, -0.05) is 12.2 Å². The smallest absolute Gasteiger partial charge is 0.270 e. The predicted molar refractivity (Wildman–Crippen MR) is 49.7 cm³/mol. The minimum absolute atomic E-state index is 0.210. The van der Waals surface area contributed by atoms with Gasteiger partial charge >= 0.3 is 0 Å². The van der Waals surface area contributed by atoms with Crippen LogP contribution >= 0.6 is 0 Å². The van der Waals surface area contributed by atoms with Gasteiger partial charge in [0.1, 0.15) is 0 Å². The highest BCUT2D eigenvalue weighted by molar-refractivity contribution is 7.87. The molecule has 0 aromatic heterocycles. The van der Waals surface area contributed by atoms with Gasteiger partial charge in [0.2, 0.25) is 0 Å². The largest absolute Gasteiger partial charge is 0.270 e. The molecule has 0 heterocycles. The molecular formula is C9H14O3S. The van der Waals surface area contributed by atoms with Crippen molar-refractivity contribution in [2.45, 2.75) is 25.0 Å². The molecule has 2 bridgehead atoms. The maximum Gasteiger partial charge on any atom is 0.270 e. The first kappa shape index (κ1) is 9.21. The number of hydrogen-bond donors (Lipinski definition) is 0. The summed E-state index contributed by atoms with van der Waals surface area (Å²) in [4.78, 5) is 0. The van der Waals surface area contributed by atoms with Crippen LogP contribution in [0.4, 0.5) is 0 Å². The molecule has 13 heavy (non-hydrogen) atoms. The molecule has 0 aromatic carbocycles. The van der Waals surface area contributed by atoms with Gasteiger partial charge in [0, 0.05) is 0 Å². The summed E-state index contributed by atoms with van der Waals surface area (Å²) in [6.07, 6.45) is 5.90.